The van der Waals surface area contributed by atoms with Gasteiger partial charge in [-0.05, 0) is 49.6 Å². The van der Waals surface area contributed by atoms with Crippen molar-refractivity contribution in [2.75, 3.05) is 18.9 Å². The molecule has 0 saturated carbocycles. The van der Waals surface area contributed by atoms with E-state index in [0.29, 0.717) is 12.6 Å². The monoisotopic (exact) mass is 271 g/mol. The Morgan fingerprint density at radius 2 is 2.35 bits per heavy atom. The van der Waals surface area contributed by atoms with Gasteiger partial charge in [-0.3, -0.25) is 0 Å². The van der Waals surface area contributed by atoms with E-state index in [-0.39, 0.29) is 0 Å². The number of benzene rings is 1. The van der Waals surface area contributed by atoms with E-state index in [1.54, 1.807) is 0 Å². The molecule has 1 heterocycles. The molecule has 4 heteroatoms. The summed E-state index contributed by atoms with van der Waals surface area (Å²) in [7, 11) is 0. The van der Waals surface area contributed by atoms with Gasteiger partial charge < -0.3 is 10.5 Å². The quantitative estimate of drug-likeness (QED) is 0.836. The average Bonchev–Trinajstić information content (AvgIpc) is 2.81. The molecule has 0 aromatic heterocycles. The first kappa shape index (κ1) is 13.2. The topological polar surface area (TPSA) is 35.2 Å². The molecule has 1 unspecified atom stereocenters. The minimum Gasteiger partial charge on any atom is -0.377 e. The van der Waals surface area contributed by atoms with Crippen molar-refractivity contribution in [3.8, 4) is 0 Å². The second-order valence-corrected chi connectivity index (χ2v) is 5.74. The van der Waals surface area contributed by atoms with Crippen molar-refractivity contribution >= 4 is 23.4 Å². The van der Waals surface area contributed by atoms with Gasteiger partial charge in [0.05, 0.1) is 6.10 Å². The molecule has 94 valence electrons. The molecule has 0 radical (unpaired) electrons. The standard InChI is InChI=1S/C13H18ClNOS/c14-11-3-4-13(10(8-11)5-6-15)17-9-12-2-1-7-16-12/h3-4,8,12H,1-2,5-7,9,15H2. The lowest BCUT2D eigenvalue weighted by Gasteiger charge is -2.12. The molecular weight excluding hydrogens is 254 g/mol. The zero-order chi connectivity index (χ0) is 12.1. The summed E-state index contributed by atoms with van der Waals surface area (Å²) in [6.07, 6.45) is 3.68. The molecule has 1 saturated heterocycles. The molecule has 0 spiro atoms. The first-order valence-electron chi connectivity index (χ1n) is 6.02. The minimum atomic E-state index is 0.418. The molecule has 1 fully saturated rings. The van der Waals surface area contributed by atoms with Gasteiger partial charge in [-0.25, -0.2) is 0 Å². The number of hydrogen-bond donors (Lipinski definition) is 1. The van der Waals surface area contributed by atoms with Gasteiger partial charge in [0, 0.05) is 22.3 Å². The van der Waals surface area contributed by atoms with Crippen molar-refractivity contribution in [1.82, 2.24) is 0 Å². The Morgan fingerprint density at radius 1 is 1.47 bits per heavy atom. The summed E-state index contributed by atoms with van der Waals surface area (Å²) in [5, 5.41) is 0.787. The van der Waals surface area contributed by atoms with Crippen LogP contribution in [0.5, 0.6) is 0 Å². The maximum atomic E-state index is 6.01. The van der Waals surface area contributed by atoms with Crippen molar-refractivity contribution in [3.63, 3.8) is 0 Å². The molecule has 1 aliphatic heterocycles. The number of halogens is 1. The van der Waals surface area contributed by atoms with Crippen LogP contribution in [0.3, 0.4) is 0 Å². The van der Waals surface area contributed by atoms with E-state index in [4.69, 9.17) is 22.1 Å². The Hall–Kier alpha value is -0.220. The fourth-order valence-corrected chi connectivity index (χ4v) is 3.33. The summed E-state index contributed by atoms with van der Waals surface area (Å²) >= 11 is 7.86. The van der Waals surface area contributed by atoms with Gasteiger partial charge in [0.15, 0.2) is 0 Å². The summed E-state index contributed by atoms with van der Waals surface area (Å²) in [4.78, 5) is 1.29. The predicted octanol–water partition coefficient (Wildman–Crippen LogP) is 3.11. The second-order valence-electron chi connectivity index (χ2n) is 4.24. The molecular formula is C13H18ClNOS. The molecule has 0 amide bonds. The van der Waals surface area contributed by atoms with Gasteiger partial charge >= 0.3 is 0 Å². The van der Waals surface area contributed by atoms with Crippen LogP contribution in [-0.4, -0.2) is 25.0 Å². The lowest BCUT2D eigenvalue weighted by atomic mass is 10.1. The van der Waals surface area contributed by atoms with E-state index in [1.165, 1.54) is 23.3 Å². The third kappa shape index (κ3) is 3.88. The Kier molecular flexibility index (Phi) is 5.16. The summed E-state index contributed by atoms with van der Waals surface area (Å²) < 4.78 is 5.63. The lowest BCUT2D eigenvalue weighted by molar-refractivity contribution is 0.129. The first-order chi connectivity index (χ1) is 8.29. The summed E-state index contributed by atoms with van der Waals surface area (Å²) in [6, 6.07) is 6.05. The van der Waals surface area contributed by atoms with E-state index in [2.05, 4.69) is 6.07 Å². The number of hydrogen-bond acceptors (Lipinski definition) is 3. The third-order valence-electron chi connectivity index (χ3n) is 2.88. The van der Waals surface area contributed by atoms with Crippen LogP contribution >= 0.6 is 23.4 Å². The van der Waals surface area contributed by atoms with Gasteiger partial charge in [-0.1, -0.05) is 11.6 Å². The Bertz CT molecular complexity index is 366. The SMILES string of the molecule is NCCc1cc(Cl)ccc1SCC1CCCO1. The highest BCUT2D eigenvalue weighted by Crippen LogP contribution is 2.28. The molecule has 1 aromatic carbocycles. The van der Waals surface area contributed by atoms with Crippen LogP contribution in [0.1, 0.15) is 18.4 Å². The molecule has 1 aliphatic rings. The summed E-state index contributed by atoms with van der Waals surface area (Å²) in [6.45, 7) is 1.58. The van der Waals surface area contributed by atoms with E-state index in [0.717, 1.165) is 23.8 Å². The minimum absolute atomic E-state index is 0.418. The Labute approximate surface area is 112 Å². The van der Waals surface area contributed by atoms with Crippen molar-refractivity contribution in [3.05, 3.63) is 28.8 Å². The zero-order valence-corrected chi connectivity index (χ0v) is 11.4. The maximum Gasteiger partial charge on any atom is 0.0669 e. The maximum absolute atomic E-state index is 6.01. The average molecular weight is 272 g/mol. The normalized spacial score (nSPS) is 19.8. The highest BCUT2D eigenvalue weighted by atomic mass is 35.5. The van der Waals surface area contributed by atoms with Crippen LogP contribution in [0.2, 0.25) is 5.02 Å². The predicted molar refractivity (Wildman–Crippen MR) is 73.9 cm³/mol. The van der Waals surface area contributed by atoms with Crippen LogP contribution in [-0.2, 0) is 11.2 Å². The molecule has 1 aromatic rings. The summed E-state index contributed by atoms with van der Waals surface area (Å²) in [5.41, 5.74) is 6.87. The van der Waals surface area contributed by atoms with Crippen LogP contribution in [0.4, 0.5) is 0 Å². The van der Waals surface area contributed by atoms with Gasteiger partial charge in [-0.15, -0.1) is 11.8 Å². The molecule has 17 heavy (non-hydrogen) atoms. The summed E-state index contributed by atoms with van der Waals surface area (Å²) in [5.74, 6) is 1.03. The smallest absolute Gasteiger partial charge is 0.0669 e. The molecule has 2 nitrogen and oxygen atoms in total. The number of thioether (sulfide) groups is 1. The van der Waals surface area contributed by atoms with Gasteiger partial charge in [0.2, 0.25) is 0 Å². The van der Waals surface area contributed by atoms with Crippen molar-refractivity contribution in [2.24, 2.45) is 5.73 Å². The van der Waals surface area contributed by atoms with Crippen LogP contribution in [0, 0.1) is 0 Å². The zero-order valence-electron chi connectivity index (χ0n) is 9.82. The second kappa shape index (κ2) is 6.64. The largest absolute Gasteiger partial charge is 0.377 e. The van der Waals surface area contributed by atoms with Gasteiger partial charge in [0.25, 0.3) is 0 Å². The van der Waals surface area contributed by atoms with Crippen LogP contribution in [0.25, 0.3) is 0 Å². The Morgan fingerprint density at radius 3 is 3.06 bits per heavy atom. The lowest BCUT2D eigenvalue weighted by Crippen LogP contribution is -2.09. The fourth-order valence-electron chi connectivity index (χ4n) is 2.00. The molecule has 0 bridgehead atoms. The molecule has 2 N–H and O–H groups in total. The number of rotatable bonds is 5. The highest BCUT2D eigenvalue weighted by Gasteiger charge is 2.16. The highest BCUT2D eigenvalue weighted by molar-refractivity contribution is 7.99. The van der Waals surface area contributed by atoms with Crippen LogP contribution < -0.4 is 5.73 Å². The first-order valence-corrected chi connectivity index (χ1v) is 7.39. The van der Waals surface area contributed by atoms with Crippen LogP contribution in [0.15, 0.2) is 23.1 Å². The Balaban J connectivity index is 1.98. The van der Waals surface area contributed by atoms with E-state index in [9.17, 15) is 0 Å². The van der Waals surface area contributed by atoms with E-state index in [1.807, 2.05) is 23.9 Å². The van der Waals surface area contributed by atoms with Crippen molar-refractivity contribution in [1.29, 1.82) is 0 Å². The molecule has 1 atom stereocenters. The van der Waals surface area contributed by atoms with E-state index >= 15 is 0 Å². The van der Waals surface area contributed by atoms with E-state index < -0.39 is 0 Å². The number of nitrogens with two attached hydrogens (primary N) is 1. The fraction of sp³-hybridized carbons (Fsp3) is 0.538. The number of ether oxygens (including phenoxy) is 1. The molecule has 2 rings (SSSR count). The molecule has 0 aliphatic carbocycles. The van der Waals surface area contributed by atoms with Crippen molar-refractivity contribution < 1.29 is 4.74 Å². The van der Waals surface area contributed by atoms with Gasteiger partial charge in [0.1, 0.15) is 0 Å². The third-order valence-corrected chi connectivity index (χ3v) is 4.37. The van der Waals surface area contributed by atoms with Gasteiger partial charge in [-0.2, -0.15) is 0 Å². The van der Waals surface area contributed by atoms with Crippen molar-refractivity contribution in [2.45, 2.75) is 30.3 Å².